The largest absolute Gasteiger partial charge is 0.492 e. The fourth-order valence-electron chi connectivity index (χ4n) is 2.66. The molecule has 1 aromatic heterocycles. The third-order valence-corrected chi connectivity index (χ3v) is 6.18. The molecule has 0 aliphatic carbocycles. The Balaban J connectivity index is 1.63. The fourth-order valence-corrected chi connectivity index (χ4v) is 4.16. The van der Waals surface area contributed by atoms with Crippen LogP contribution in [0.3, 0.4) is 0 Å². The van der Waals surface area contributed by atoms with Gasteiger partial charge < -0.3 is 14.1 Å². The van der Waals surface area contributed by atoms with Crippen molar-refractivity contribution in [3.8, 4) is 5.75 Å². The van der Waals surface area contributed by atoms with Crippen LogP contribution in [-0.4, -0.2) is 39.4 Å². The molecule has 0 unspecified atom stereocenters. The van der Waals surface area contributed by atoms with E-state index in [2.05, 4.69) is 0 Å². The van der Waals surface area contributed by atoms with E-state index in [1.807, 2.05) is 0 Å². The monoisotopic (exact) mass is 433 g/mol. The number of ether oxygens (including phenoxy) is 1. The summed E-state index contributed by atoms with van der Waals surface area (Å²) in [5, 5.41) is 0.612. The maximum atomic E-state index is 12.7. The molecule has 3 aromatic rings. The number of sulfone groups is 1. The van der Waals surface area contributed by atoms with E-state index in [9.17, 15) is 13.2 Å². The van der Waals surface area contributed by atoms with E-state index in [1.54, 1.807) is 49.5 Å². The van der Waals surface area contributed by atoms with Gasteiger partial charge in [0.05, 0.1) is 23.5 Å². The average Bonchev–Trinajstić information content (AvgIpc) is 3.16. The molecule has 0 saturated carbocycles. The standard InChI is InChI=1S/C21H20ClNO5S/c1-23(12-14-27-18-9-7-17(22)8-10-18)21(24)20-16(11-13-28-20)15-29(25,26)19-5-3-2-4-6-19/h2-11,13H,12,14-15H2,1H3. The van der Waals surface area contributed by atoms with E-state index in [0.29, 0.717) is 22.9 Å². The second-order valence-electron chi connectivity index (χ2n) is 6.38. The summed E-state index contributed by atoms with van der Waals surface area (Å²) >= 11 is 5.83. The highest BCUT2D eigenvalue weighted by Gasteiger charge is 2.24. The second kappa shape index (κ2) is 9.15. The molecule has 8 heteroatoms. The lowest BCUT2D eigenvalue weighted by Crippen LogP contribution is -2.31. The first kappa shape index (κ1) is 21.0. The number of rotatable bonds is 8. The van der Waals surface area contributed by atoms with E-state index < -0.39 is 15.7 Å². The van der Waals surface area contributed by atoms with Crippen LogP contribution < -0.4 is 4.74 Å². The van der Waals surface area contributed by atoms with Gasteiger partial charge in [0.15, 0.2) is 15.6 Å². The fraction of sp³-hybridized carbons (Fsp3) is 0.190. The summed E-state index contributed by atoms with van der Waals surface area (Å²) in [6.07, 6.45) is 1.32. The van der Waals surface area contributed by atoms with Crippen LogP contribution in [0.15, 0.2) is 76.2 Å². The molecule has 0 bridgehead atoms. The van der Waals surface area contributed by atoms with Crippen LogP contribution in [0.25, 0.3) is 0 Å². The molecule has 1 heterocycles. The molecule has 0 saturated heterocycles. The first-order valence-electron chi connectivity index (χ1n) is 8.85. The maximum Gasteiger partial charge on any atom is 0.289 e. The minimum Gasteiger partial charge on any atom is -0.492 e. The molecule has 0 radical (unpaired) electrons. The van der Waals surface area contributed by atoms with E-state index in [1.165, 1.54) is 29.4 Å². The van der Waals surface area contributed by atoms with Crippen molar-refractivity contribution in [2.75, 3.05) is 20.2 Å². The number of likely N-dealkylation sites (N-methyl/N-ethyl adjacent to an activating group) is 1. The van der Waals surface area contributed by atoms with E-state index in [-0.39, 0.29) is 23.0 Å². The number of hydrogen-bond acceptors (Lipinski definition) is 5. The van der Waals surface area contributed by atoms with Gasteiger partial charge in [0.1, 0.15) is 12.4 Å². The smallest absolute Gasteiger partial charge is 0.289 e. The van der Waals surface area contributed by atoms with E-state index in [0.717, 1.165) is 0 Å². The minimum atomic E-state index is -3.59. The predicted molar refractivity (Wildman–Crippen MR) is 110 cm³/mol. The SMILES string of the molecule is CN(CCOc1ccc(Cl)cc1)C(=O)c1occc1CS(=O)(=O)c1ccccc1. The zero-order valence-corrected chi connectivity index (χ0v) is 17.3. The number of amides is 1. The maximum absolute atomic E-state index is 12.7. The molecule has 0 atom stereocenters. The van der Waals surface area contributed by atoms with Gasteiger partial charge in [0.2, 0.25) is 0 Å². The van der Waals surface area contributed by atoms with Crippen LogP contribution in [0.5, 0.6) is 5.75 Å². The molecule has 29 heavy (non-hydrogen) atoms. The minimum absolute atomic E-state index is 0.0125. The van der Waals surface area contributed by atoms with Gasteiger partial charge in [-0.05, 0) is 42.5 Å². The first-order chi connectivity index (χ1) is 13.9. The number of benzene rings is 2. The van der Waals surface area contributed by atoms with E-state index in [4.69, 9.17) is 20.8 Å². The molecular weight excluding hydrogens is 414 g/mol. The van der Waals surface area contributed by atoms with Crippen LogP contribution >= 0.6 is 11.6 Å². The van der Waals surface area contributed by atoms with Crippen molar-refractivity contribution in [1.82, 2.24) is 4.90 Å². The van der Waals surface area contributed by atoms with Gasteiger partial charge >= 0.3 is 0 Å². The van der Waals surface area contributed by atoms with Crippen LogP contribution in [0.1, 0.15) is 16.1 Å². The Kier molecular flexibility index (Phi) is 6.61. The molecule has 3 rings (SSSR count). The number of carbonyl (C=O) groups is 1. The average molecular weight is 434 g/mol. The van der Waals surface area contributed by atoms with Crippen LogP contribution in [-0.2, 0) is 15.6 Å². The Labute approximate surface area is 174 Å². The Hall–Kier alpha value is -2.77. The van der Waals surface area contributed by atoms with Crippen LogP contribution in [0, 0.1) is 0 Å². The quantitative estimate of drug-likeness (QED) is 0.535. The van der Waals surface area contributed by atoms with Gasteiger partial charge in [-0.15, -0.1) is 0 Å². The number of hydrogen-bond donors (Lipinski definition) is 0. The van der Waals surface area contributed by atoms with Crippen molar-refractivity contribution in [3.05, 3.63) is 83.3 Å². The van der Waals surface area contributed by atoms with Crippen LogP contribution in [0.4, 0.5) is 0 Å². The molecule has 0 N–H and O–H groups in total. The lowest BCUT2D eigenvalue weighted by atomic mass is 10.2. The number of halogens is 1. The summed E-state index contributed by atoms with van der Waals surface area (Å²) in [7, 11) is -1.98. The number of nitrogens with zero attached hydrogens (tertiary/aromatic N) is 1. The molecule has 0 spiro atoms. The summed E-state index contributed by atoms with van der Waals surface area (Å²) in [6, 6.07) is 16.5. The van der Waals surface area contributed by atoms with Gasteiger partial charge in [-0.1, -0.05) is 29.8 Å². The molecule has 0 aliphatic heterocycles. The Morgan fingerprint density at radius 2 is 1.76 bits per heavy atom. The Bertz CT molecular complexity index is 1060. The first-order valence-corrected chi connectivity index (χ1v) is 10.9. The van der Waals surface area contributed by atoms with Crippen molar-refractivity contribution >= 4 is 27.3 Å². The highest BCUT2D eigenvalue weighted by molar-refractivity contribution is 7.90. The second-order valence-corrected chi connectivity index (χ2v) is 8.80. The molecule has 2 aromatic carbocycles. The van der Waals surface area contributed by atoms with Crippen molar-refractivity contribution in [3.63, 3.8) is 0 Å². The topological polar surface area (TPSA) is 76.8 Å². The molecule has 152 valence electrons. The van der Waals surface area contributed by atoms with Crippen molar-refractivity contribution in [1.29, 1.82) is 0 Å². The zero-order valence-electron chi connectivity index (χ0n) is 15.7. The summed E-state index contributed by atoms with van der Waals surface area (Å²) in [5.41, 5.74) is 0.323. The summed E-state index contributed by atoms with van der Waals surface area (Å²) in [6.45, 7) is 0.565. The summed E-state index contributed by atoms with van der Waals surface area (Å²) < 4.78 is 36.1. The van der Waals surface area contributed by atoms with Gasteiger partial charge in [0, 0.05) is 17.6 Å². The number of furan rings is 1. The Morgan fingerprint density at radius 3 is 2.45 bits per heavy atom. The van der Waals surface area contributed by atoms with Gasteiger partial charge in [0.25, 0.3) is 5.91 Å². The van der Waals surface area contributed by atoms with Crippen molar-refractivity contribution < 1.29 is 22.4 Å². The summed E-state index contributed by atoms with van der Waals surface area (Å²) in [5.74, 6) is -0.0710. The van der Waals surface area contributed by atoms with Gasteiger partial charge in [-0.25, -0.2) is 8.42 Å². The molecule has 0 aliphatic rings. The normalized spacial score (nSPS) is 11.2. The van der Waals surface area contributed by atoms with Crippen molar-refractivity contribution in [2.45, 2.75) is 10.6 Å². The zero-order chi connectivity index (χ0) is 20.9. The lowest BCUT2D eigenvalue weighted by molar-refractivity contribution is 0.0741. The highest BCUT2D eigenvalue weighted by atomic mass is 35.5. The van der Waals surface area contributed by atoms with E-state index >= 15 is 0 Å². The third-order valence-electron chi connectivity index (χ3n) is 4.24. The Morgan fingerprint density at radius 1 is 1.07 bits per heavy atom. The molecule has 6 nitrogen and oxygen atoms in total. The lowest BCUT2D eigenvalue weighted by Gasteiger charge is -2.17. The van der Waals surface area contributed by atoms with Gasteiger partial charge in [-0.3, -0.25) is 4.79 Å². The van der Waals surface area contributed by atoms with Crippen LogP contribution in [0.2, 0.25) is 5.02 Å². The third kappa shape index (κ3) is 5.40. The van der Waals surface area contributed by atoms with Gasteiger partial charge in [-0.2, -0.15) is 0 Å². The summed E-state index contributed by atoms with van der Waals surface area (Å²) in [4.78, 5) is 14.3. The predicted octanol–water partition coefficient (Wildman–Crippen LogP) is 4.06. The van der Waals surface area contributed by atoms with Crippen molar-refractivity contribution in [2.24, 2.45) is 0 Å². The molecular formula is C21H20ClNO5S. The molecule has 1 amide bonds. The molecule has 0 fully saturated rings. The number of carbonyl (C=O) groups excluding carboxylic acids is 1. The highest BCUT2D eigenvalue weighted by Crippen LogP contribution is 2.21.